The number of benzene rings is 1. The van der Waals surface area contributed by atoms with E-state index in [-0.39, 0.29) is 24.3 Å². The van der Waals surface area contributed by atoms with Gasteiger partial charge in [0.15, 0.2) is 0 Å². The zero-order valence-electron chi connectivity index (χ0n) is 17.2. The van der Waals surface area contributed by atoms with Gasteiger partial charge in [-0.25, -0.2) is 4.68 Å². The summed E-state index contributed by atoms with van der Waals surface area (Å²) in [5.74, 6) is 0.757. The van der Waals surface area contributed by atoms with E-state index in [0.29, 0.717) is 25.3 Å². The molecule has 4 unspecified atom stereocenters. The van der Waals surface area contributed by atoms with E-state index in [4.69, 9.17) is 14.7 Å². The van der Waals surface area contributed by atoms with Crippen LogP contribution in [0.4, 0.5) is 0 Å². The largest absolute Gasteiger partial charge is 0.371 e. The quantitative estimate of drug-likeness (QED) is 0.793. The molecule has 0 bridgehead atoms. The van der Waals surface area contributed by atoms with Crippen LogP contribution in [-0.4, -0.2) is 46.5 Å². The van der Waals surface area contributed by atoms with Crippen molar-refractivity contribution in [3.05, 3.63) is 47.3 Å². The molecular formula is C23H29N5O2. The SMILES string of the molecule is N#Cc1cccc(CNC2COC3C2OCC3n2cc(CC3CCCCC3)nn2)c1. The molecule has 1 aromatic carbocycles. The smallest absolute Gasteiger partial charge is 0.110 e. The van der Waals surface area contributed by atoms with Gasteiger partial charge in [0.05, 0.1) is 36.6 Å². The third-order valence-corrected chi connectivity index (χ3v) is 6.77. The number of hydrogen-bond donors (Lipinski definition) is 1. The molecule has 2 saturated heterocycles. The maximum Gasteiger partial charge on any atom is 0.110 e. The highest BCUT2D eigenvalue weighted by Crippen LogP contribution is 2.34. The molecule has 30 heavy (non-hydrogen) atoms. The molecule has 0 amide bonds. The summed E-state index contributed by atoms with van der Waals surface area (Å²) >= 11 is 0. The van der Waals surface area contributed by atoms with E-state index >= 15 is 0 Å². The minimum Gasteiger partial charge on any atom is -0.371 e. The summed E-state index contributed by atoms with van der Waals surface area (Å²) in [7, 11) is 0. The van der Waals surface area contributed by atoms with Crippen molar-refractivity contribution >= 4 is 0 Å². The summed E-state index contributed by atoms with van der Waals surface area (Å²) in [5.41, 5.74) is 2.87. The highest BCUT2D eigenvalue weighted by molar-refractivity contribution is 5.32. The molecule has 3 fully saturated rings. The zero-order valence-corrected chi connectivity index (χ0v) is 17.2. The van der Waals surface area contributed by atoms with Crippen LogP contribution in [0, 0.1) is 17.2 Å². The van der Waals surface area contributed by atoms with Crippen molar-refractivity contribution in [3.8, 4) is 6.07 Å². The van der Waals surface area contributed by atoms with Gasteiger partial charge in [0.2, 0.25) is 0 Å². The van der Waals surface area contributed by atoms with E-state index in [0.717, 1.165) is 23.6 Å². The second kappa shape index (κ2) is 8.84. The Morgan fingerprint density at radius 3 is 2.87 bits per heavy atom. The Morgan fingerprint density at radius 1 is 1.13 bits per heavy atom. The van der Waals surface area contributed by atoms with Gasteiger partial charge in [-0.05, 0) is 30.0 Å². The van der Waals surface area contributed by atoms with Gasteiger partial charge in [-0.2, -0.15) is 5.26 Å². The molecule has 1 aliphatic carbocycles. The lowest BCUT2D eigenvalue weighted by Crippen LogP contribution is -2.40. The normalized spacial score (nSPS) is 29.0. The number of fused-ring (bicyclic) bond motifs is 1. The minimum atomic E-state index is -0.00262. The first-order valence-corrected chi connectivity index (χ1v) is 11.2. The fraction of sp³-hybridized carbons (Fsp3) is 0.609. The predicted octanol–water partition coefficient (Wildman–Crippen LogP) is 2.77. The van der Waals surface area contributed by atoms with Crippen molar-refractivity contribution in [1.29, 1.82) is 5.26 Å². The van der Waals surface area contributed by atoms with Crippen molar-refractivity contribution < 1.29 is 9.47 Å². The van der Waals surface area contributed by atoms with E-state index in [1.165, 1.54) is 32.1 Å². The second-order valence-electron chi connectivity index (χ2n) is 8.86. The molecule has 0 radical (unpaired) electrons. The van der Waals surface area contributed by atoms with Crippen LogP contribution in [0.25, 0.3) is 0 Å². The molecule has 0 spiro atoms. The van der Waals surface area contributed by atoms with Crippen molar-refractivity contribution in [2.75, 3.05) is 13.2 Å². The van der Waals surface area contributed by atoms with Gasteiger partial charge in [-0.3, -0.25) is 0 Å². The van der Waals surface area contributed by atoms with Gasteiger partial charge in [-0.15, -0.1) is 5.10 Å². The van der Waals surface area contributed by atoms with Gasteiger partial charge in [-0.1, -0.05) is 49.5 Å². The number of nitriles is 1. The number of rotatable bonds is 6. The number of hydrogen-bond acceptors (Lipinski definition) is 6. The number of nitrogens with one attached hydrogen (secondary N) is 1. The molecule has 7 heteroatoms. The lowest BCUT2D eigenvalue weighted by Gasteiger charge is -2.20. The van der Waals surface area contributed by atoms with Crippen LogP contribution in [0.2, 0.25) is 0 Å². The summed E-state index contributed by atoms with van der Waals surface area (Å²) in [4.78, 5) is 0. The molecule has 158 valence electrons. The minimum absolute atomic E-state index is 0.00262. The monoisotopic (exact) mass is 407 g/mol. The molecule has 2 aromatic rings. The average molecular weight is 408 g/mol. The average Bonchev–Trinajstić information content (AvgIpc) is 3.50. The van der Waals surface area contributed by atoms with Crippen molar-refractivity contribution in [2.45, 2.75) is 69.4 Å². The van der Waals surface area contributed by atoms with Gasteiger partial charge < -0.3 is 14.8 Å². The summed E-state index contributed by atoms with van der Waals surface area (Å²) in [5, 5.41) is 21.5. The van der Waals surface area contributed by atoms with Crippen LogP contribution >= 0.6 is 0 Å². The third kappa shape index (κ3) is 4.13. The van der Waals surface area contributed by atoms with Crippen LogP contribution in [0.15, 0.2) is 30.5 Å². The Morgan fingerprint density at radius 2 is 2.00 bits per heavy atom. The molecule has 5 rings (SSSR count). The molecule has 4 atom stereocenters. The van der Waals surface area contributed by atoms with Crippen LogP contribution in [-0.2, 0) is 22.4 Å². The molecule has 7 nitrogen and oxygen atoms in total. The first kappa shape index (κ1) is 19.7. The first-order chi connectivity index (χ1) is 14.8. The Hall–Kier alpha value is -2.27. The fourth-order valence-corrected chi connectivity index (χ4v) is 5.14. The number of ether oxygens (including phenoxy) is 2. The van der Waals surface area contributed by atoms with Gasteiger partial charge in [0, 0.05) is 12.7 Å². The molecule has 1 aromatic heterocycles. The lowest BCUT2D eigenvalue weighted by atomic mass is 9.86. The molecule has 3 aliphatic rings. The van der Waals surface area contributed by atoms with Gasteiger partial charge in [0.25, 0.3) is 0 Å². The molecule has 2 aliphatic heterocycles. The Labute approximate surface area is 177 Å². The lowest BCUT2D eigenvalue weighted by molar-refractivity contribution is 0.0619. The zero-order chi connectivity index (χ0) is 20.3. The maximum atomic E-state index is 9.07. The topological polar surface area (TPSA) is 85.0 Å². The van der Waals surface area contributed by atoms with Gasteiger partial charge >= 0.3 is 0 Å². The van der Waals surface area contributed by atoms with E-state index < -0.39 is 0 Å². The molecule has 1 N–H and O–H groups in total. The van der Waals surface area contributed by atoms with Crippen LogP contribution in [0.1, 0.15) is 55.0 Å². The van der Waals surface area contributed by atoms with Crippen LogP contribution in [0.3, 0.4) is 0 Å². The van der Waals surface area contributed by atoms with Crippen molar-refractivity contribution in [2.24, 2.45) is 5.92 Å². The van der Waals surface area contributed by atoms with E-state index in [1.54, 1.807) is 0 Å². The predicted molar refractivity (Wildman–Crippen MR) is 111 cm³/mol. The summed E-state index contributed by atoms with van der Waals surface area (Å²) in [6.07, 6.45) is 9.86. The fourth-order valence-electron chi connectivity index (χ4n) is 5.14. The van der Waals surface area contributed by atoms with E-state index in [9.17, 15) is 0 Å². The highest BCUT2D eigenvalue weighted by atomic mass is 16.6. The van der Waals surface area contributed by atoms with E-state index in [1.807, 2.05) is 28.9 Å². The second-order valence-corrected chi connectivity index (χ2v) is 8.86. The van der Waals surface area contributed by atoms with E-state index in [2.05, 4.69) is 27.9 Å². The number of nitrogens with zero attached hydrogens (tertiary/aromatic N) is 4. The molecular weight excluding hydrogens is 378 g/mol. The Balaban J connectivity index is 1.18. The van der Waals surface area contributed by atoms with Crippen LogP contribution < -0.4 is 5.32 Å². The molecule has 3 heterocycles. The van der Waals surface area contributed by atoms with Crippen LogP contribution in [0.5, 0.6) is 0 Å². The van der Waals surface area contributed by atoms with Crippen molar-refractivity contribution in [3.63, 3.8) is 0 Å². The summed E-state index contributed by atoms with van der Waals surface area (Å²) < 4.78 is 14.2. The highest BCUT2D eigenvalue weighted by Gasteiger charge is 2.48. The Bertz CT molecular complexity index is 901. The van der Waals surface area contributed by atoms with Gasteiger partial charge in [0.1, 0.15) is 18.2 Å². The van der Waals surface area contributed by atoms with Crippen molar-refractivity contribution in [1.82, 2.24) is 20.3 Å². The Kier molecular flexibility index (Phi) is 5.80. The standard InChI is InChI=1S/C23H29N5O2/c24-11-17-7-4-8-18(9-17)12-25-20-14-29-23-21(15-30-22(20)23)28-13-19(26-27-28)10-16-5-2-1-3-6-16/h4,7-9,13,16,20-23,25H,1-3,5-6,10,12,14-15H2. The molecule has 1 saturated carbocycles. The summed E-state index contributed by atoms with van der Waals surface area (Å²) in [6.45, 7) is 1.91. The first-order valence-electron chi connectivity index (χ1n) is 11.2. The third-order valence-electron chi connectivity index (χ3n) is 6.77. The maximum absolute atomic E-state index is 9.07. The summed E-state index contributed by atoms with van der Waals surface area (Å²) in [6, 6.07) is 10.1. The number of aromatic nitrogens is 3.